The second-order valence-corrected chi connectivity index (χ2v) is 8.23. The number of hydrogen-bond donors (Lipinski definition) is 2. The number of ether oxygens (including phenoxy) is 3. The Morgan fingerprint density at radius 1 is 1.06 bits per heavy atom. The summed E-state index contributed by atoms with van der Waals surface area (Å²) >= 11 is 0. The van der Waals surface area contributed by atoms with Gasteiger partial charge in [-0.25, -0.2) is 0 Å². The third kappa shape index (κ3) is 5.85. The van der Waals surface area contributed by atoms with Crippen LogP contribution in [0.15, 0.2) is 65.3 Å². The lowest BCUT2D eigenvalue weighted by Crippen LogP contribution is -2.32. The highest BCUT2D eigenvalue weighted by atomic mass is 16.5. The molecule has 1 aliphatic heterocycles. The molecule has 2 N–H and O–H groups in total. The number of amides is 2. The van der Waals surface area contributed by atoms with Crippen molar-refractivity contribution in [3.63, 3.8) is 0 Å². The summed E-state index contributed by atoms with van der Waals surface area (Å²) in [6, 6.07) is 15.8. The van der Waals surface area contributed by atoms with Crippen molar-refractivity contribution in [2.24, 2.45) is 0 Å². The highest BCUT2D eigenvalue weighted by molar-refractivity contribution is 6.02. The third-order valence-corrected chi connectivity index (χ3v) is 4.94. The van der Waals surface area contributed by atoms with Gasteiger partial charge < -0.3 is 29.3 Å². The molecule has 1 aliphatic rings. The zero-order valence-electron chi connectivity index (χ0n) is 18.6. The highest BCUT2D eigenvalue weighted by Gasteiger charge is 2.32. The van der Waals surface area contributed by atoms with Crippen molar-refractivity contribution in [1.29, 1.82) is 0 Å². The molecule has 4 rings (SSSR count). The van der Waals surface area contributed by atoms with Crippen LogP contribution in [-0.4, -0.2) is 37.2 Å². The first-order valence-electron chi connectivity index (χ1n) is 10.7. The lowest BCUT2D eigenvalue weighted by atomic mass is 10.0. The van der Waals surface area contributed by atoms with Crippen molar-refractivity contribution in [2.45, 2.75) is 25.9 Å². The van der Waals surface area contributed by atoms with Gasteiger partial charge in [-0.1, -0.05) is 18.2 Å². The quantitative estimate of drug-likeness (QED) is 0.481. The molecule has 8 heteroatoms. The number of rotatable bonds is 9. The van der Waals surface area contributed by atoms with Crippen molar-refractivity contribution in [2.75, 3.05) is 25.1 Å². The van der Waals surface area contributed by atoms with Gasteiger partial charge in [0.1, 0.15) is 18.0 Å². The molecule has 2 heterocycles. The SMILES string of the molecule is CC1(C)Cc2cccc(OCCNC(=O)COc3cccc(NC(=O)c4ccco4)c3)c2O1. The molecule has 3 aromatic rings. The van der Waals surface area contributed by atoms with Crippen LogP contribution < -0.4 is 24.8 Å². The average Bonchev–Trinajstić information content (AvgIpc) is 3.42. The first-order valence-corrected chi connectivity index (χ1v) is 10.7. The molecular formula is C25H26N2O6. The van der Waals surface area contributed by atoms with Gasteiger partial charge in [0.2, 0.25) is 0 Å². The minimum atomic E-state index is -0.368. The van der Waals surface area contributed by atoms with E-state index in [1.165, 1.54) is 6.26 Å². The van der Waals surface area contributed by atoms with E-state index in [0.717, 1.165) is 17.7 Å². The molecule has 0 fully saturated rings. The van der Waals surface area contributed by atoms with E-state index >= 15 is 0 Å². The van der Waals surface area contributed by atoms with Crippen LogP contribution in [0.25, 0.3) is 0 Å². The van der Waals surface area contributed by atoms with Crippen LogP contribution in [0, 0.1) is 0 Å². The third-order valence-electron chi connectivity index (χ3n) is 4.94. The molecule has 0 saturated carbocycles. The maximum Gasteiger partial charge on any atom is 0.291 e. The highest BCUT2D eigenvalue weighted by Crippen LogP contribution is 2.41. The molecule has 0 atom stereocenters. The second kappa shape index (κ2) is 9.68. The van der Waals surface area contributed by atoms with Crippen molar-refractivity contribution in [3.05, 3.63) is 72.2 Å². The van der Waals surface area contributed by atoms with E-state index < -0.39 is 0 Å². The summed E-state index contributed by atoms with van der Waals surface area (Å²) in [7, 11) is 0. The molecule has 2 aromatic carbocycles. The topological polar surface area (TPSA) is 99.0 Å². The minimum Gasteiger partial charge on any atom is -0.488 e. The van der Waals surface area contributed by atoms with E-state index in [2.05, 4.69) is 10.6 Å². The van der Waals surface area contributed by atoms with Gasteiger partial charge in [0.15, 0.2) is 23.9 Å². The van der Waals surface area contributed by atoms with E-state index in [-0.39, 0.29) is 29.8 Å². The van der Waals surface area contributed by atoms with Crippen LogP contribution in [0.5, 0.6) is 17.2 Å². The van der Waals surface area contributed by atoms with E-state index in [1.807, 2.05) is 32.0 Å². The minimum absolute atomic E-state index is 0.159. The van der Waals surface area contributed by atoms with Gasteiger partial charge in [-0.05, 0) is 44.2 Å². The smallest absolute Gasteiger partial charge is 0.291 e. The Kier molecular flexibility index (Phi) is 6.53. The fourth-order valence-corrected chi connectivity index (χ4v) is 3.52. The first-order chi connectivity index (χ1) is 15.9. The molecule has 33 heavy (non-hydrogen) atoms. The molecule has 1 aromatic heterocycles. The molecule has 172 valence electrons. The average molecular weight is 450 g/mol. The molecule has 0 unspecified atom stereocenters. The fourth-order valence-electron chi connectivity index (χ4n) is 3.52. The lowest BCUT2D eigenvalue weighted by Gasteiger charge is -2.18. The fraction of sp³-hybridized carbons (Fsp3) is 0.280. The van der Waals surface area contributed by atoms with Gasteiger partial charge in [-0.2, -0.15) is 0 Å². The first kappa shape index (κ1) is 22.3. The summed E-state index contributed by atoms with van der Waals surface area (Å²) in [5.74, 6) is 1.47. The molecule has 0 radical (unpaired) electrons. The van der Waals surface area contributed by atoms with Crippen LogP contribution in [-0.2, 0) is 11.2 Å². The Morgan fingerprint density at radius 3 is 2.73 bits per heavy atom. The van der Waals surface area contributed by atoms with Crippen molar-refractivity contribution < 1.29 is 28.2 Å². The second-order valence-electron chi connectivity index (χ2n) is 8.23. The molecular weight excluding hydrogens is 424 g/mol. The van der Waals surface area contributed by atoms with E-state index in [9.17, 15) is 9.59 Å². The maximum atomic E-state index is 12.1. The van der Waals surface area contributed by atoms with Crippen molar-refractivity contribution >= 4 is 17.5 Å². The number of nitrogens with one attached hydrogen (secondary N) is 2. The summed E-state index contributed by atoms with van der Waals surface area (Å²) < 4.78 is 22.4. The maximum absolute atomic E-state index is 12.1. The predicted molar refractivity (Wildman–Crippen MR) is 122 cm³/mol. The van der Waals surface area contributed by atoms with E-state index in [0.29, 0.717) is 30.3 Å². The zero-order valence-corrected chi connectivity index (χ0v) is 18.6. The molecule has 0 saturated heterocycles. The number of hydrogen-bond acceptors (Lipinski definition) is 6. The standard InChI is InChI=1S/C25H26N2O6/c1-25(2)15-17-6-3-9-20(23(17)33-25)31-13-11-26-22(28)16-32-19-8-4-7-18(14-19)27-24(29)21-10-5-12-30-21/h3-10,12,14H,11,13,15-16H2,1-2H3,(H,26,28)(H,27,29). The van der Waals surface area contributed by atoms with Gasteiger partial charge in [0.25, 0.3) is 11.8 Å². The Labute approximate surface area is 191 Å². The van der Waals surface area contributed by atoms with Crippen LogP contribution in [0.3, 0.4) is 0 Å². The summed E-state index contributed by atoms with van der Waals surface area (Å²) in [6.07, 6.45) is 2.26. The number of carbonyl (C=O) groups excluding carboxylic acids is 2. The Bertz CT molecular complexity index is 1120. The number of fused-ring (bicyclic) bond motifs is 1. The summed E-state index contributed by atoms with van der Waals surface area (Å²) in [5, 5.41) is 5.47. The summed E-state index contributed by atoms with van der Waals surface area (Å²) in [5.41, 5.74) is 1.41. The van der Waals surface area contributed by atoms with Crippen LogP contribution in [0.4, 0.5) is 5.69 Å². The number of carbonyl (C=O) groups is 2. The van der Waals surface area contributed by atoms with Crippen LogP contribution in [0.2, 0.25) is 0 Å². The molecule has 8 nitrogen and oxygen atoms in total. The van der Waals surface area contributed by atoms with Gasteiger partial charge in [0.05, 0.1) is 12.8 Å². The van der Waals surface area contributed by atoms with Crippen molar-refractivity contribution in [1.82, 2.24) is 5.32 Å². The molecule has 0 spiro atoms. The normalized spacial score (nSPS) is 13.5. The largest absolute Gasteiger partial charge is 0.488 e. The molecule has 0 aliphatic carbocycles. The molecule has 2 amide bonds. The van der Waals surface area contributed by atoms with Gasteiger partial charge in [-0.3, -0.25) is 9.59 Å². The summed E-state index contributed by atoms with van der Waals surface area (Å²) in [6.45, 7) is 4.56. The Balaban J connectivity index is 1.19. The van der Waals surface area contributed by atoms with Gasteiger partial charge >= 0.3 is 0 Å². The Hall–Kier alpha value is -3.94. The van der Waals surface area contributed by atoms with Crippen LogP contribution in [0.1, 0.15) is 30.0 Å². The number of furan rings is 1. The number of benzene rings is 2. The number of para-hydroxylation sites is 1. The van der Waals surface area contributed by atoms with E-state index in [4.69, 9.17) is 18.6 Å². The number of anilines is 1. The predicted octanol–water partition coefficient (Wildman–Crippen LogP) is 3.82. The lowest BCUT2D eigenvalue weighted by molar-refractivity contribution is -0.123. The van der Waals surface area contributed by atoms with Crippen molar-refractivity contribution in [3.8, 4) is 17.2 Å². The summed E-state index contributed by atoms with van der Waals surface area (Å²) in [4.78, 5) is 24.2. The Morgan fingerprint density at radius 2 is 1.91 bits per heavy atom. The van der Waals surface area contributed by atoms with Gasteiger partial charge in [-0.15, -0.1) is 0 Å². The van der Waals surface area contributed by atoms with Crippen LogP contribution >= 0.6 is 0 Å². The monoisotopic (exact) mass is 450 g/mol. The zero-order chi connectivity index (χ0) is 23.3. The van der Waals surface area contributed by atoms with E-state index in [1.54, 1.807) is 36.4 Å². The molecule has 0 bridgehead atoms. The van der Waals surface area contributed by atoms with Gasteiger partial charge in [0, 0.05) is 23.7 Å².